The van der Waals surface area contributed by atoms with Gasteiger partial charge < -0.3 is 13.9 Å². The summed E-state index contributed by atoms with van der Waals surface area (Å²) in [6, 6.07) is 0. The molecule has 0 aromatic rings. The predicted molar refractivity (Wildman–Crippen MR) is 120 cm³/mol. The third-order valence-corrected chi connectivity index (χ3v) is 10.7. The molecular formula is C25H42O4Si. The van der Waals surface area contributed by atoms with Crippen LogP contribution < -0.4 is 0 Å². The third-order valence-electron chi connectivity index (χ3n) is 9.71. The monoisotopic (exact) mass is 434 g/mol. The Hall–Kier alpha value is -0.233. The van der Waals surface area contributed by atoms with Gasteiger partial charge in [-0.2, -0.15) is 0 Å². The smallest absolute Gasteiger partial charge is 0.184 e. The molecule has 0 amide bonds. The number of hydrogen-bond donors (Lipinski definition) is 0. The van der Waals surface area contributed by atoms with Crippen LogP contribution in [0.4, 0.5) is 0 Å². The summed E-state index contributed by atoms with van der Waals surface area (Å²) in [7, 11) is -1.57. The molecule has 0 unspecified atom stereocenters. The summed E-state index contributed by atoms with van der Waals surface area (Å²) in [6.07, 6.45) is 8.16. The third kappa shape index (κ3) is 3.21. The lowest BCUT2D eigenvalue weighted by atomic mass is 9.44. The van der Waals surface area contributed by atoms with E-state index in [0.29, 0.717) is 29.6 Å². The maximum absolute atomic E-state index is 13.5. The lowest BCUT2D eigenvalue weighted by Gasteiger charge is -2.60. The molecule has 9 atom stereocenters. The summed E-state index contributed by atoms with van der Waals surface area (Å²) in [5.74, 6) is 1.94. The van der Waals surface area contributed by atoms with E-state index in [4.69, 9.17) is 13.9 Å². The van der Waals surface area contributed by atoms with Crippen LogP contribution >= 0.6 is 0 Å². The molecule has 1 heterocycles. The first kappa shape index (κ1) is 21.6. The first-order valence-corrected chi connectivity index (χ1v) is 15.8. The molecule has 30 heavy (non-hydrogen) atoms. The number of Topliss-reactive ketones (excluding diaryl/α,β-unsaturated/α-hetero) is 1. The molecule has 0 aromatic carbocycles. The van der Waals surface area contributed by atoms with Crippen molar-refractivity contribution in [2.24, 2.45) is 34.5 Å². The summed E-state index contributed by atoms with van der Waals surface area (Å²) in [5, 5.41) is 0. The van der Waals surface area contributed by atoms with Gasteiger partial charge in [0.15, 0.2) is 14.1 Å². The first-order chi connectivity index (χ1) is 13.8. The van der Waals surface area contributed by atoms with Crippen LogP contribution in [0.15, 0.2) is 0 Å². The number of carbonyl (C=O) groups is 1. The fraction of sp³-hybridized carbons (Fsp3) is 0.960. The van der Waals surface area contributed by atoms with Crippen molar-refractivity contribution in [1.82, 2.24) is 0 Å². The van der Waals surface area contributed by atoms with Gasteiger partial charge in [-0.1, -0.05) is 13.8 Å². The van der Waals surface area contributed by atoms with Crippen molar-refractivity contribution >= 4 is 14.1 Å². The van der Waals surface area contributed by atoms with E-state index >= 15 is 0 Å². The Morgan fingerprint density at radius 2 is 1.60 bits per heavy atom. The Labute approximate surface area is 183 Å². The van der Waals surface area contributed by atoms with Crippen molar-refractivity contribution in [2.45, 2.75) is 116 Å². The number of rotatable bonds is 2. The lowest BCUT2D eigenvalue weighted by molar-refractivity contribution is -0.164. The van der Waals surface area contributed by atoms with Crippen molar-refractivity contribution in [3.63, 3.8) is 0 Å². The average molecular weight is 435 g/mol. The molecule has 5 rings (SSSR count). The van der Waals surface area contributed by atoms with E-state index in [0.717, 1.165) is 19.3 Å². The van der Waals surface area contributed by atoms with Crippen LogP contribution in [0.1, 0.15) is 72.6 Å². The molecule has 4 saturated carbocycles. The van der Waals surface area contributed by atoms with Crippen LogP contribution in [0.5, 0.6) is 0 Å². The quantitative estimate of drug-likeness (QED) is 0.534. The molecule has 5 aliphatic rings. The average Bonchev–Trinajstić information content (AvgIpc) is 3.07. The van der Waals surface area contributed by atoms with Gasteiger partial charge in [0.05, 0.1) is 18.3 Å². The summed E-state index contributed by atoms with van der Waals surface area (Å²) < 4.78 is 19.2. The molecular weight excluding hydrogens is 392 g/mol. The van der Waals surface area contributed by atoms with Crippen LogP contribution in [0.25, 0.3) is 0 Å². The number of ether oxygens (including phenoxy) is 2. The van der Waals surface area contributed by atoms with Gasteiger partial charge in [0, 0.05) is 12.3 Å². The second-order valence-electron chi connectivity index (χ2n) is 13.1. The largest absolute Gasteiger partial charge is 0.414 e. The molecule has 1 saturated heterocycles. The SMILES string of the molecule is CC1(C)O[C@H]2C[C@@H]3C(=O)C[C@@H]4[C@H](CC[C@]5(C)[C@@H](O[Si](C)(C)C)CC[C@@H]45)[C@@]3(C)C[C@H]2O1. The van der Waals surface area contributed by atoms with Crippen LogP contribution in [-0.2, 0) is 18.7 Å². The zero-order chi connectivity index (χ0) is 21.7. The summed E-state index contributed by atoms with van der Waals surface area (Å²) in [6.45, 7) is 15.9. The van der Waals surface area contributed by atoms with Crippen molar-refractivity contribution in [1.29, 1.82) is 0 Å². The zero-order valence-corrected chi connectivity index (χ0v) is 21.1. The van der Waals surface area contributed by atoms with Crippen molar-refractivity contribution < 1.29 is 18.7 Å². The van der Waals surface area contributed by atoms with Gasteiger partial charge in [0.25, 0.3) is 0 Å². The van der Waals surface area contributed by atoms with Crippen molar-refractivity contribution in [2.75, 3.05) is 0 Å². The molecule has 0 spiro atoms. The van der Waals surface area contributed by atoms with Gasteiger partial charge in [-0.3, -0.25) is 4.79 Å². The normalized spacial score (nSPS) is 52.4. The molecule has 170 valence electrons. The van der Waals surface area contributed by atoms with E-state index in [-0.39, 0.29) is 29.0 Å². The second kappa shape index (κ2) is 6.65. The van der Waals surface area contributed by atoms with E-state index in [2.05, 4.69) is 33.5 Å². The van der Waals surface area contributed by atoms with E-state index in [1.807, 2.05) is 13.8 Å². The fourth-order valence-corrected chi connectivity index (χ4v) is 9.85. The Morgan fingerprint density at radius 1 is 0.933 bits per heavy atom. The summed E-state index contributed by atoms with van der Waals surface area (Å²) in [4.78, 5) is 13.5. The fourth-order valence-electron chi connectivity index (χ4n) is 8.61. The van der Waals surface area contributed by atoms with E-state index in [1.165, 1.54) is 25.7 Å². The highest BCUT2D eigenvalue weighted by Gasteiger charge is 2.65. The minimum absolute atomic E-state index is 0.0595. The standard InChI is InChI=1S/C25H42O4Si/c1-23(2)27-20-13-18-19(26)12-15-16-8-9-22(29-30(5,6)7)24(16,3)11-10-17(15)25(18,4)14-21(20)28-23/h15-18,20-22H,8-14H2,1-7H3/t15-,16-,17-,18+,20-,21+,22-,24-,25+/m0/s1. The van der Waals surface area contributed by atoms with Crippen LogP contribution in [0.2, 0.25) is 19.6 Å². The Morgan fingerprint density at radius 3 is 2.30 bits per heavy atom. The van der Waals surface area contributed by atoms with E-state index in [9.17, 15) is 4.79 Å². The highest BCUT2D eigenvalue weighted by Crippen LogP contribution is 2.66. The molecule has 0 radical (unpaired) electrons. The highest BCUT2D eigenvalue weighted by atomic mass is 28.4. The predicted octanol–water partition coefficient (Wildman–Crippen LogP) is 5.56. The minimum atomic E-state index is -1.57. The molecule has 0 aromatic heterocycles. The molecule has 0 bridgehead atoms. The first-order valence-electron chi connectivity index (χ1n) is 12.4. The maximum atomic E-state index is 13.5. The molecule has 4 nitrogen and oxygen atoms in total. The minimum Gasteiger partial charge on any atom is -0.414 e. The lowest BCUT2D eigenvalue weighted by Crippen LogP contribution is -2.59. The van der Waals surface area contributed by atoms with Gasteiger partial charge in [-0.15, -0.1) is 0 Å². The Bertz CT molecular complexity index is 729. The Kier molecular flexibility index (Phi) is 4.79. The van der Waals surface area contributed by atoms with Crippen molar-refractivity contribution in [3.8, 4) is 0 Å². The molecule has 1 aliphatic heterocycles. The van der Waals surface area contributed by atoms with Gasteiger partial charge >= 0.3 is 0 Å². The highest BCUT2D eigenvalue weighted by molar-refractivity contribution is 6.69. The van der Waals surface area contributed by atoms with Gasteiger partial charge in [-0.25, -0.2) is 0 Å². The maximum Gasteiger partial charge on any atom is 0.184 e. The number of carbonyl (C=O) groups excluding carboxylic acids is 1. The zero-order valence-electron chi connectivity index (χ0n) is 20.1. The number of hydrogen-bond acceptors (Lipinski definition) is 4. The Balaban J connectivity index is 1.42. The second-order valence-corrected chi connectivity index (χ2v) is 17.6. The molecule has 0 N–H and O–H groups in total. The van der Waals surface area contributed by atoms with Crippen LogP contribution in [0, 0.1) is 34.5 Å². The molecule has 5 heteroatoms. The van der Waals surface area contributed by atoms with E-state index in [1.54, 1.807) is 0 Å². The summed E-state index contributed by atoms with van der Waals surface area (Å²) >= 11 is 0. The molecule has 5 fully saturated rings. The topological polar surface area (TPSA) is 44.8 Å². The van der Waals surface area contributed by atoms with Gasteiger partial charge in [0.2, 0.25) is 0 Å². The van der Waals surface area contributed by atoms with E-state index < -0.39 is 14.1 Å². The molecule has 4 aliphatic carbocycles. The van der Waals surface area contributed by atoms with Gasteiger partial charge in [0.1, 0.15) is 5.78 Å². The number of fused-ring (bicyclic) bond motifs is 6. The van der Waals surface area contributed by atoms with Crippen LogP contribution in [-0.4, -0.2) is 38.2 Å². The number of ketones is 1. The van der Waals surface area contributed by atoms with Crippen molar-refractivity contribution in [3.05, 3.63) is 0 Å². The summed E-state index contributed by atoms with van der Waals surface area (Å²) in [5.41, 5.74) is 0.307. The van der Waals surface area contributed by atoms with Crippen LogP contribution in [0.3, 0.4) is 0 Å². The van der Waals surface area contributed by atoms with Gasteiger partial charge in [-0.05, 0) is 101 Å².